The van der Waals surface area contributed by atoms with Gasteiger partial charge in [0.05, 0.1) is 12.2 Å². The fraction of sp³-hybridized carbons (Fsp3) is 0.200. The van der Waals surface area contributed by atoms with Crippen molar-refractivity contribution >= 4 is 6.08 Å². The van der Waals surface area contributed by atoms with Crippen LogP contribution < -0.4 is 0 Å². The minimum absolute atomic E-state index is 0.442. The zero-order chi connectivity index (χ0) is 19.8. The molecule has 0 radical (unpaired) electrons. The number of aliphatic hydroxyl groups excluding tert-OH is 2. The fourth-order valence-electron chi connectivity index (χ4n) is 3.27. The summed E-state index contributed by atoms with van der Waals surface area (Å²) in [7, 11) is 0. The Kier molecular flexibility index (Phi) is 7.15. The maximum Gasteiger partial charge on any atom is 0.0917 e. The molecule has 2 atom stereocenters. The maximum absolute atomic E-state index is 10.7. The summed E-state index contributed by atoms with van der Waals surface area (Å²) in [6.45, 7) is 5.32. The zero-order valence-corrected chi connectivity index (χ0v) is 16.0. The Morgan fingerprint density at radius 3 is 1.61 bits per heavy atom. The van der Waals surface area contributed by atoms with Gasteiger partial charge < -0.3 is 10.2 Å². The van der Waals surface area contributed by atoms with E-state index in [1.165, 1.54) is 0 Å². The predicted octanol–water partition coefficient (Wildman–Crippen LogP) is 4.60. The van der Waals surface area contributed by atoms with Crippen LogP contribution in [0, 0.1) is 0 Å². The van der Waals surface area contributed by atoms with Crippen molar-refractivity contribution in [3.63, 3.8) is 0 Å². The van der Waals surface area contributed by atoms with Gasteiger partial charge in [-0.25, -0.2) is 0 Å². The van der Waals surface area contributed by atoms with Gasteiger partial charge in [-0.1, -0.05) is 97.6 Å². The lowest BCUT2D eigenvalue weighted by Gasteiger charge is -2.28. The quantitative estimate of drug-likeness (QED) is 0.576. The molecule has 2 N–H and O–H groups in total. The van der Waals surface area contributed by atoms with Gasteiger partial charge in [-0.2, -0.15) is 0 Å². The Bertz CT molecular complexity index is 799. The molecule has 0 spiro atoms. The van der Waals surface area contributed by atoms with Crippen molar-refractivity contribution in [1.82, 2.24) is 4.90 Å². The van der Waals surface area contributed by atoms with Gasteiger partial charge in [-0.3, -0.25) is 4.90 Å². The Morgan fingerprint density at radius 2 is 1.18 bits per heavy atom. The van der Waals surface area contributed by atoms with E-state index in [1.54, 1.807) is 0 Å². The Hall–Kier alpha value is -2.72. The van der Waals surface area contributed by atoms with Gasteiger partial charge >= 0.3 is 0 Å². The molecule has 0 saturated carbocycles. The Morgan fingerprint density at radius 1 is 0.714 bits per heavy atom. The van der Waals surface area contributed by atoms with Gasteiger partial charge in [0.2, 0.25) is 0 Å². The number of aliphatic hydroxyl groups is 2. The predicted molar refractivity (Wildman–Crippen MR) is 115 cm³/mol. The number of benzene rings is 3. The van der Waals surface area contributed by atoms with Crippen LogP contribution in [0.3, 0.4) is 0 Å². The van der Waals surface area contributed by atoms with Gasteiger partial charge in [0, 0.05) is 19.6 Å². The molecule has 0 heterocycles. The first kappa shape index (κ1) is 20.0. The van der Waals surface area contributed by atoms with E-state index in [0.717, 1.165) is 22.3 Å². The molecule has 3 aromatic rings. The summed E-state index contributed by atoms with van der Waals surface area (Å²) in [5.74, 6) is 0. The second-order valence-electron chi connectivity index (χ2n) is 6.99. The number of rotatable bonds is 9. The van der Waals surface area contributed by atoms with Crippen molar-refractivity contribution in [3.05, 3.63) is 114 Å². The molecule has 0 aliphatic carbocycles. The largest absolute Gasteiger partial charge is 0.387 e. The molecule has 3 heteroatoms. The van der Waals surface area contributed by atoms with Crippen LogP contribution in [0.15, 0.2) is 91.5 Å². The molecular formula is C25H27NO2. The Labute approximate surface area is 167 Å². The van der Waals surface area contributed by atoms with E-state index in [1.807, 2.05) is 78.9 Å². The number of hydrogen-bond acceptors (Lipinski definition) is 3. The summed E-state index contributed by atoms with van der Waals surface area (Å²) >= 11 is 0. The average molecular weight is 373 g/mol. The molecule has 0 aromatic heterocycles. The van der Waals surface area contributed by atoms with Gasteiger partial charge in [-0.15, -0.1) is 0 Å². The molecule has 0 bridgehead atoms. The van der Waals surface area contributed by atoms with Crippen molar-refractivity contribution in [1.29, 1.82) is 0 Å². The second kappa shape index (κ2) is 10.00. The van der Waals surface area contributed by atoms with E-state index < -0.39 is 12.2 Å². The van der Waals surface area contributed by atoms with E-state index in [0.29, 0.717) is 19.6 Å². The molecule has 0 amide bonds. The first-order chi connectivity index (χ1) is 13.7. The van der Waals surface area contributed by atoms with E-state index >= 15 is 0 Å². The molecule has 2 unspecified atom stereocenters. The molecule has 0 aliphatic rings. The third kappa shape index (κ3) is 5.64. The average Bonchev–Trinajstić information content (AvgIpc) is 2.75. The molecule has 28 heavy (non-hydrogen) atoms. The minimum atomic E-state index is -0.614. The van der Waals surface area contributed by atoms with Gasteiger partial charge in [0.1, 0.15) is 0 Å². The van der Waals surface area contributed by atoms with Crippen LogP contribution in [0.1, 0.15) is 34.5 Å². The van der Waals surface area contributed by atoms with Crippen LogP contribution in [-0.4, -0.2) is 28.2 Å². The first-order valence-electron chi connectivity index (χ1n) is 9.55. The lowest BCUT2D eigenvalue weighted by Crippen LogP contribution is -2.32. The van der Waals surface area contributed by atoms with E-state index in [9.17, 15) is 10.2 Å². The first-order valence-corrected chi connectivity index (χ1v) is 9.55. The van der Waals surface area contributed by atoms with Gasteiger partial charge in [0.15, 0.2) is 0 Å². The van der Waals surface area contributed by atoms with Crippen LogP contribution in [0.4, 0.5) is 0 Å². The summed E-state index contributed by atoms with van der Waals surface area (Å²) in [5.41, 5.74) is 3.96. The molecule has 0 saturated heterocycles. The summed E-state index contributed by atoms with van der Waals surface area (Å²) in [4.78, 5) is 2.10. The van der Waals surface area contributed by atoms with Gasteiger partial charge in [-0.05, 0) is 22.3 Å². The molecule has 3 aromatic carbocycles. The Balaban J connectivity index is 1.74. The van der Waals surface area contributed by atoms with Crippen LogP contribution in [0.2, 0.25) is 0 Å². The van der Waals surface area contributed by atoms with Gasteiger partial charge in [0.25, 0.3) is 0 Å². The van der Waals surface area contributed by atoms with Crippen LogP contribution >= 0.6 is 0 Å². The van der Waals surface area contributed by atoms with Crippen molar-refractivity contribution < 1.29 is 10.2 Å². The van der Waals surface area contributed by atoms with Crippen LogP contribution in [0.25, 0.3) is 6.08 Å². The standard InChI is InChI=1S/C25H27NO2/c1-2-20-13-15-21(16-14-20)17-26(18-24(27)22-9-5-3-6-10-22)19-25(28)23-11-7-4-8-12-23/h2-16,24-25,27-28H,1,17-19H2. The van der Waals surface area contributed by atoms with E-state index in [4.69, 9.17) is 0 Å². The second-order valence-corrected chi connectivity index (χ2v) is 6.99. The highest BCUT2D eigenvalue weighted by atomic mass is 16.3. The molecular weight excluding hydrogens is 346 g/mol. The summed E-state index contributed by atoms with van der Waals surface area (Å²) < 4.78 is 0. The van der Waals surface area contributed by atoms with Crippen LogP contribution in [-0.2, 0) is 6.54 Å². The molecule has 0 fully saturated rings. The van der Waals surface area contributed by atoms with Crippen molar-refractivity contribution in [2.75, 3.05) is 13.1 Å². The monoisotopic (exact) mass is 373 g/mol. The van der Waals surface area contributed by atoms with Crippen molar-refractivity contribution in [2.24, 2.45) is 0 Å². The highest BCUT2D eigenvalue weighted by molar-refractivity contribution is 5.47. The summed E-state index contributed by atoms with van der Waals surface area (Å²) in [6, 6.07) is 27.5. The third-order valence-corrected chi connectivity index (χ3v) is 4.85. The minimum Gasteiger partial charge on any atom is -0.387 e. The summed E-state index contributed by atoms with van der Waals surface area (Å²) in [5, 5.41) is 21.4. The van der Waals surface area contributed by atoms with Crippen molar-refractivity contribution in [3.8, 4) is 0 Å². The smallest absolute Gasteiger partial charge is 0.0917 e. The molecule has 3 rings (SSSR count). The fourth-order valence-corrected chi connectivity index (χ4v) is 3.27. The zero-order valence-electron chi connectivity index (χ0n) is 16.0. The highest BCUT2D eigenvalue weighted by Crippen LogP contribution is 2.20. The van der Waals surface area contributed by atoms with E-state index in [2.05, 4.69) is 23.6 Å². The van der Waals surface area contributed by atoms with Crippen LogP contribution in [0.5, 0.6) is 0 Å². The number of hydrogen-bond donors (Lipinski definition) is 2. The van der Waals surface area contributed by atoms with Crippen molar-refractivity contribution in [2.45, 2.75) is 18.8 Å². The molecule has 3 nitrogen and oxygen atoms in total. The van der Waals surface area contributed by atoms with E-state index in [-0.39, 0.29) is 0 Å². The lowest BCUT2D eigenvalue weighted by atomic mass is 10.1. The third-order valence-electron chi connectivity index (χ3n) is 4.85. The topological polar surface area (TPSA) is 43.7 Å². The molecule has 144 valence electrons. The molecule has 0 aliphatic heterocycles. The maximum atomic E-state index is 10.7. The SMILES string of the molecule is C=Cc1ccc(CN(CC(O)c2ccccc2)CC(O)c2ccccc2)cc1. The lowest BCUT2D eigenvalue weighted by molar-refractivity contribution is 0.0647. The normalized spacial score (nSPS) is 13.2. The summed E-state index contributed by atoms with van der Waals surface area (Å²) in [6.07, 6.45) is 0.591. The highest BCUT2D eigenvalue weighted by Gasteiger charge is 2.18. The number of nitrogens with zero attached hydrogens (tertiary/aromatic N) is 1.